The number of rotatable bonds is 4. The third-order valence-corrected chi connectivity index (χ3v) is 3.07. The van der Waals surface area contributed by atoms with Crippen molar-refractivity contribution >= 4 is 17.3 Å². The second-order valence-electron chi connectivity index (χ2n) is 3.92. The molecule has 0 aliphatic heterocycles. The van der Waals surface area contributed by atoms with Crippen LogP contribution in [-0.2, 0) is 6.54 Å². The van der Waals surface area contributed by atoms with Gasteiger partial charge in [-0.25, -0.2) is 5.84 Å². The highest BCUT2D eigenvalue weighted by Crippen LogP contribution is 2.21. The molecule has 0 radical (unpaired) electrons. The van der Waals surface area contributed by atoms with Crippen LogP contribution in [-0.4, -0.2) is 7.11 Å². The summed E-state index contributed by atoms with van der Waals surface area (Å²) in [5.41, 5.74) is 1.91. The zero-order valence-electron chi connectivity index (χ0n) is 10.1. The summed E-state index contributed by atoms with van der Waals surface area (Å²) in [6, 6.07) is 15.3. The van der Waals surface area contributed by atoms with E-state index < -0.39 is 0 Å². The number of nitrogens with two attached hydrogens (primary N) is 1. The van der Waals surface area contributed by atoms with Crippen LogP contribution in [0.2, 0.25) is 5.02 Å². The van der Waals surface area contributed by atoms with Gasteiger partial charge >= 0.3 is 0 Å². The van der Waals surface area contributed by atoms with E-state index >= 15 is 0 Å². The van der Waals surface area contributed by atoms with Crippen LogP contribution in [0.15, 0.2) is 48.5 Å². The summed E-state index contributed by atoms with van der Waals surface area (Å²) in [7, 11) is 1.64. The molecule has 0 aromatic heterocycles. The Morgan fingerprint density at radius 2 is 1.78 bits per heavy atom. The van der Waals surface area contributed by atoms with Crippen LogP contribution in [0, 0.1) is 0 Å². The Hall–Kier alpha value is -1.71. The van der Waals surface area contributed by atoms with E-state index in [1.54, 1.807) is 12.1 Å². The molecule has 2 aromatic carbocycles. The average Bonchev–Trinajstić information content (AvgIpc) is 2.41. The van der Waals surface area contributed by atoms with Gasteiger partial charge in [0, 0.05) is 5.02 Å². The van der Waals surface area contributed by atoms with E-state index in [0.29, 0.717) is 6.54 Å². The van der Waals surface area contributed by atoms with Crippen molar-refractivity contribution < 1.29 is 4.74 Å². The lowest BCUT2D eigenvalue weighted by Gasteiger charge is -2.19. The van der Waals surface area contributed by atoms with Gasteiger partial charge in [0.2, 0.25) is 0 Å². The molecule has 0 unspecified atom stereocenters. The third-order valence-electron chi connectivity index (χ3n) is 2.70. The van der Waals surface area contributed by atoms with Gasteiger partial charge in [0.1, 0.15) is 5.75 Å². The molecule has 94 valence electrons. The Bertz CT molecular complexity index is 513. The SMILES string of the molecule is COc1ccc(N(N)Cc2ccccc2Cl)cc1. The minimum atomic E-state index is 0.562. The standard InChI is InChI=1S/C14H15ClN2O/c1-18-13-8-6-12(7-9-13)17(16)10-11-4-2-3-5-14(11)15/h2-9H,10,16H2,1H3. The van der Waals surface area contributed by atoms with E-state index in [1.807, 2.05) is 48.5 Å². The molecule has 0 aliphatic rings. The highest BCUT2D eigenvalue weighted by Gasteiger charge is 2.05. The average molecular weight is 263 g/mol. The number of ether oxygens (including phenoxy) is 1. The maximum atomic E-state index is 6.10. The number of hydrogen-bond donors (Lipinski definition) is 1. The molecule has 4 heteroatoms. The molecule has 2 rings (SSSR count). The van der Waals surface area contributed by atoms with Gasteiger partial charge in [0.25, 0.3) is 0 Å². The highest BCUT2D eigenvalue weighted by molar-refractivity contribution is 6.31. The van der Waals surface area contributed by atoms with E-state index in [2.05, 4.69) is 0 Å². The Morgan fingerprint density at radius 1 is 1.11 bits per heavy atom. The highest BCUT2D eigenvalue weighted by atomic mass is 35.5. The van der Waals surface area contributed by atoms with Crippen LogP contribution in [0.1, 0.15) is 5.56 Å². The Balaban J connectivity index is 2.11. The topological polar surface area (TPSA) is 38.5 Å². The summed E-state index contributed by atoms with van der Waals surface area (Å²) in [5.74, 6) is 6.83. The molecule has 0 spiro atoms. The predicted octanol–water partition coefficient (Wildman–Crippen LogP) is 3.23. The number of hydrogen-bond acceptors (Lipinski definition) is 3. The quantitative estimate of drug-likeness (QED) is 0.679. The molecule has 18 heavy (non-hydrogen) atoms. The zero-order chi connectivity index (χ0) is 13.0. The minimum Gasteiger partial charge on any atom is -0.497 e. The molecule has 3 nitrogen and oxygen atoms in total. The molecule has 0 fully saturated rings. The van der Waals surface area contributed by atoms with Crippen molar-refractivity contribution in [2.24, 2.45) is 5.84 Å². The molecule has 0 bridgehead atoms. The van der Waals surface area contributed by atoms with Crippen molar-refractivity contribution in [2.45, 2.75) is 6.54 Å². The summed E-state index contributed by atoms with van der Waals surface area (Å²) in [5, 5.41) is 2.38. The van der Waals surface area contributed by atoms with Crippen LogP contribution in [0.5, 0.6) is 5.75 Å². The fourth-order valence-corrected chi connectivity index (χ4v) is 1.87. The first-order valence-corrected chi connectivity index (χ1v) is 5.98. The first-order chi connectivity index (χ1) is 8.70. The van der Waals surface area contributed by atoms with Gasteiger partial charge < -0.3 is 9.75 Å². The smallest absolute Gasteiger partial charge is 0.119 e. The number of benzene rings is 2. The Kier molecular flexibility index (Phi) is 4.07. The molecular formula is C14H15ClN2O. The van der Waals surface area contributed by atoms with Crippen LogP contribution in [0.3, 0.4) is 0 Å². The van der Waals surface area contributed by atoms with Crippen molar-refractivity contribution in [1.29, 1.82) is 0 Å². The lowest BCUT2D eigenvalue weighted by Crippen LogP contribution is -2.30. The minimum absolute atomic E-state index is 0.562. The van der Waals surface area contributed by atoms with Crippen LogP contribution in [0.25, 0.3) is 0 Å². The summed E-state index contributed by atoms with van der Waals surface area (Å²) >= 11 is 6.10. The Morgan fingerprint density at radius 3 is 2.39 bits per heavy atom. The molecule has 0 atom stereocenters. The second kappa shape index (κ2) is 5.76. The van der Waals surface area contributed by atoms with E-state index in [4.69, 9.17) is 22.2 Å². The molecule has 0 amide bonds. The fourth-order valence-electron chi connectivity index (χ4n) is 1.68. The van der Waals surface area contributed by atoms with Crippen molar-refractivity contribution in [2.75, 3.05) is 12.1 Å². The maximum absolute atomic E-state index is 6.10. The number of halogens is 1. The molecule has 0 heterocycles. The van der Waals surface area contributed by atoms with Gasteiger partial charge in [0.05, 0.1) is 19.3 Å². The van der Waals surface area contributed by atoms with Crippen molar-refractivity contribution in [3.05, 3.63) is 59.1 Å². The van der Waals surface area contributed by atoms with Gasteiger partial charge in [-0.05, 0) is 35.9 Å². The van der Waals surface area contributed by atoms with Gasteiger partial charge in [-0.1, -0.05) is 29.8 Å². The van der Waals surface area contributed by atoms with Crippen LogP contribution >= 0.6 is 11.6 Å². The van der Waals surface area contributed by atoms with Gasteiger partial charge in [-0.3, -0.25) is 0 Å². The normalized spacial score (nSPS) is 10.2. The van der Waals surface area contributed by atoms with E-state index in [1.165, 1.54) is 0 Å². The summed E-state index contributed by atoms with van der Waals surface area (Å²) in [4.78, 5) is 0. The molecule has 0 aliphatic carbocycles. The molecule has 2 N–H and O–H groups in total. The van der Waals surface area contributed by atoms with Crippen molar-refractivity contribution in [3.8, 4) is 5.75 Å². The lowest BCUT2D eigenvalue weighted by molar-refractivity contribution is 0.415. The van der Waals surface area contributed by atoms with E-state index in [-0.39, 0.29) is 0 Å². The van der Waals surface area contributed by atoms with E-state index in [9.17, 15) is 0 Å². The largest absolute Gasteiger partial charge is 0.497 e. The van der Waals surface area contributed by atoms with Crippen molar-refractivity contribution in [1.82, 2.24) is 0 Å². The number of nitrogens with zero attached hydrogens (tertiary/aromatic N) is 1. The first kappa shape index (κ1) is 12.7. The van der Waals surface area contributed by atoms with Gasteiger partial charge in [0.15, 0.2) is 0 Å². The third kappa shape index (κ3) is 2.94. The molecular weight excluding hydrogens is 248 g/mol. The van der Waals surface area contributed by atoms with Crippen LogP contribution in [0.4, 0.5) is 5.69 Å². The lowest BCUT2D eigenvalue weighted by atomic mass is 10.2. The fraction of sp³-hybridized carbons (Fsp3) is 0.143. The molecule has 0 saturated carbocycles. The van der Waals surface area contributed by atoms with E-state index in [0.717, 1.165) is 22.0 Å². The molecule has 0 saturated heterocycles. The number of anilines is 1. The van der Waals surface area contributed by atoms with Crippen molar-refractivity contribution in [3.63, 3.8) is 0 Å². The van der Waals surface area contributed by atoms with Crippen LogP contribution < -0.4 is 15.6 Å². The number of hydrazine groups is 1. The predicted molar refractivity (Wildman–Crippen MR) is 74.8 cm³/mol. The summed E-state index contributed by atoms with van der Waals surface area (Å²) < 4.78 is 5.11. The Labute approximate surface area is 112 Å². The monoisotopic (exact) mass is 262 g/mol. The van der Waals surface area contributed by atoms with Gasteiger partial charge in [-0.2, -0.15) is 0 Å². The summed E-state index contributed by atoms with van der Waals surface area (Å²) in [6.07, 6.45) is 0. The summed E-state index contributed by atoms with van der Waals surface area (Å²) in [6.45, 7) is 0.562. The molecule has 2 aromatic rings. The number of methoxy groups -OCH3 is 1. The first-order valence-electron chi connectivity index (χ1n) is 5.60. The second-order valence-corrected chi connectivity index (χ2v) is 4.32. The maximum Gasteiger partial charge on any atom is 0.119 e. The zero-order valence-corrected chi connectivity index (χ0v) is 10.9. The van der Waals surface area contributed by atoms with Gasteiger partial charge in [-0.15, -0.1) is 0 Å².